The van der Waals surface area contributed by atoms with E-state index >= 15 is 0 Å². The molecule has 0 aliphatic carbocycles. The number of nitrogens with zero attached hydrogens (tertiary/aromatic N) is 2. The maximum absolute atomic E-state index is 12.6. The largest absolute Gasteiger partial charge is 0.436 e. The molecule has 5 nitrogen and oxygen atoms in total. The number of pyridine rings is 1. The summed E-state index contributed by atoms with van der Waals surface area (Å²) in [7, 11) is 0. The predicted molar refractivity (Wildman–Crippen MR) is 77.4 cm³/mol. The molecule has 122 valence electrons. The topological polar surface area (TPSA) is 65.3 Å². The number of aromatic nitrogens is 1. The molecule has 23 heavy (non-hydrogen) atoms. The quantitative estimate of drug-likeness (QED) is 0.381. The maximum atomic E-state index is 12.6. The van der Waals surface area contributed by atoms with Gasteiger partial charge in [-0.05, 0) is 12.1 Å². The fourth-order valence-corrected chi connectivity index (χ4v) is 2.31. The van der Waals surface area contributed by atoms with Crippen LogP contribution in [0.1, 0.15) is 5.56 Å². The number of hydrogen-bond acceptors (Lipinski definition) is 4. The molecule has 1 heterocycles. The van der Waals surface area contributed by atoms with E-state index < -0.39 is 37.5 Å². The molecule has 0 N–H and O–H groups in total. The standard InChI is InChI=1S/C12H4Cl3F3N2O3/c13-6-3-5(12(16,17)18)4-7(14)10(6)23-9-2-1-8(20(21)22)11(15)19-9/h1-4H. The van der Waals surface area contributed by atoms with Crippen LogP contribution >= 0.6 is 34.8 Å². The number of rotatable bonds is 3. The first-order chi connectivity index (χ1) is 10.6. The van der Waals surface area contributed by atoms with Crippen molar-refractivity contribution in [2.75, 3.05) is 0 Å². The summed E-state index contributed by atoms with van der Waals surface area (Å²) in [5.41, 5.74) is -1.50. The first-order valence-electron chi connectivity index (χ1n) is 5.64. The lowest BCUT2D eigenvalue weighted by Gasteiger charge is -2.12. The van der Waals surface area contributed by atoms with E-state index in [1.54, 1.807) is 0 Å². The molecule has 0 amide bonds. The van der Waals surface area contributed by atoms with Crippen molar-refractivity contribution >= 4 is 40.5 Å². The SMILES string of the molecule is O=[N+]([O-])c1ccc(Oc2c(Cl)cc(C(F)(F)F)cc2Cl)nc1Cl. The van der Waals surface area contributed by atoms with Crippen molar-refractivity contribution in [3.8, 4) is 11.6 Å². The number of hydrogen-bond donors (Lipinski definition) is 0. The summed E-state index contributed by atoms with van der Waals surface area (Å²) in [4.78, 5) is 13.5. The van der Waals surface area contributed by atoms with Crippen LogP contribution in [-0.4, -0.2) is 9.91 Å². The second-order valence-corrected chi connectivity index (χ2v) is 5.26. The van der Waals surface area contributed by atoms with Crippen LogP contribution in [0.4, 0.5) is 18.9 Å². The Bertz CT molecular complexity index is 761. The van der Waals surface area contributed by atoms with Gasteiger partial charge in [-0.15, -0.1) is 0 Å². The third-order valence-electron chi connectivity index (χ3n) is 2.53. The number of halogens is 6. The van der Waals surface area contributed by atoms with Gasteiger partial charge in [0.25, 0.3) is 0 Å². The van der Waals surface area contributed by atoms with Gasteiger partial charge in [-0.25, -0.2) is 0 Å². The fraction of sp³-hybridized carbons (Fsp3) is 0.0833. The molecule has 0 saturated heterocycles. The first kappa shape index (κ1) is 17.6. The van der Waals surface area contributed by atoms with Crippen LogP contribution in [0.2, 0.25) is 15.2 Å². The second kappa shape index (κ2) is 6.38. The van der Waals surface area contributed by atoms with Crippen LogP contribution in [0.25, 0.3) is 0 Å². The summed E-state index contributed by atoms with van der Waals surface area (Å²) in [5.74, 6) is -0.497. The molecule has 0 unspecified atom stereocenters. The molecule has 0 spiro atoms. The summed E-state index contributed by atoms with van der Waals surface area (Å²) in [5, 5.41) is 9.37. The van der Waals surface area contributed by atoms with E-state index in [0.717, 1.165) is 12.1 Å². The summed E-state index contributed by atoms with van der Waals surface area (Å²) < 4.78 is 43.1. The lowest BCUT2D eigenvalue weighted by molar-refractivity contribution is -0.385. The van der Waals surface area contributed by atoms with Gasteiger partial charge >= 0.3 is 11.9 Å². The van der Waals surface area contributed by atoms with Crippen molar-refractivity contribution in [3.05, 3.63) is 55.1 Å². The molecular weight excluding hydrogens is 383 g/mol. The Balaban J connectivity index is 2.38. The molecule has 0 atom stereocenters. The highest BCUT2D eigenvalue weighted by Crippen LogP contribution is 2.41. The molecule has 11 heteroatoms. The summed E-state index contributed by atoms with van der Waals surface area (Å²) in [6.07, 6.45) is -4.62. The van der Waals surface area contributed by atoms with Crippen LogP contribution in [0.15, 0.2) is 24.3 Å². The molecule has 2 aromatic rings. The van der Waals surface area contributed by atoms with E-state index in [1.807, 2.05) is 0 Å². The third kappa shape index (κ3) is 3.95. The minimum atomic E-state index is -4.62. The van der Waals surface area contributed by atoms with Crippen LogP contribution in [-0.2, 0) is 6.18 Å². The normalized spacial score (nSPS) is 11.4. The molecule has 0 saturated carbocycles. The highest BCUT2D eigenvalue weighted by Gasteiger charge is 2.32. The van der Waals surface area contributed by atoms with E-state index in [1.165, 1.54) is 0 Å². The highest BCUT2D eigenvalue weighted by atomic mass is 35.5. The molecular formula is C12H4Cl3F3N2O3. The molecule has 1 aromatic heterocycles. The number of nitro groups is 1. The van der Waals surface area contributed by atoms with Crippen LogP contribution in [0.5, 0.6) is 11.6 Å². The zero-order valence-electron chi connectivity index (χ0n) is 10.7. The van der Waals surface area contributed by atoms with Gasteiger partial charge in [-0.1, -0.05) is 34.8 Å². The first-order valence-corrected chi connectivity index (χ1v) is 6.78. The van der Waals surface area contributed by atoms with Gasteiger partial charge in [-0.3, -0.25) is 10.1 Å². The van der Waals surface area contributed by atoms with Crippen LogP contribution in [0.3, 0.4) is 0 Å². The van der Waals surface area contributed by atoms with E-state index in [2.05, 4.69) is 4.98 Å². The summed E-state index contributed by atoms with van der Waals surface area (Å²) in [6, 6.07) is 3.40. The van der Waals surface area contributed by atoms with Crippen molar-refractivity contribution in [3.63, 3.8) is 0 Å². The molecule has 1 aromatic carbocycles. The lowest BCUT2D eigenvalue weighted by Crippen LogP contribution is -2.05. The lowest BCUT2D eigenvalue weighted by atomic mass is 10.2. The Kier molecular flexibility index (Phi) is 4.88. The Morgan fingerprint density at radius 3 is 2.13 bits per heavy atom. The van der Waals surface area contributed by atoms with Gasteiger partial charge in [0.1, 0.15) is 0 Å². The van der Waals surface area contributed by atoms with Crippen LogP contribution < -0.4 is 4.74 Å². The minimum absolute atomic E-state index is 0.218. The monoisotopic (exact) mass is 386 g/mol. The molecule has 0 aliphatic rings. The minimum Gasteiger partial charge on any atom is -0.436 e. The van der Waals surface area contributed by atoms with Gasteiger partial charge in [-0.2, -0.15) is 18.2 Å². The predicted octanol–water partition coefficient (Wildman–Crippen LogP) is 5.76. The van der Waals surface area contributed by atoms with E-state index in [0.29, 0.717) is 12.1 Å². The van der Waals surface area contributed by atoms with Crippen molar-refractivity contribution in [2.45, 2.75) is 6.18 Å². The van der Waals surface area contributed by atoms with Gasteiger partial charge in [0, 0.05) is 12.1 Å². The van der Waals surface area contributed by atoms with Gasteiger partial charge in [0.2, 0.25) is 11.0 Å². The van der Waals surface area contributed by atoms with Gasteiger partial charge in [0.15, 0.2) is 5.75 Å². The van der Waals surface area contributed by atoms with Gasteiger partial charge < -0.3 is 4.74 Å². The fourth-order valence-electron chi connectivity index (χ4n) is 1.53. The average molecular weight is 388 g/mol. The molecule has 2 rings (SSSR count). The summed E-state index contributed by atoms with van der Waals surface area (Å²) in [6.45, 7) is 0. The smallest absolute Gasteiger partial charge is 0.416 e. The summed E-state index contributed by atoms with van der Waals surface area (Å²) >= 11 is 17.1. The zero-order valence-corrected chi connectivity index (χ0v) is 13.0. The Morgan fingerprint density at radius 1 is 1.13 bits per heavy atom. The van der Waals surface area contributed by atoms with Crippen molar-refractivity contribution in [1.82, 2.24) is 4.98 Å². The highest BCUT2D eigenvalue weighted by molar-refractivity contribution is 6.37. The molecule has 0 fully saturated rings. The number of alkyl halides is 3. The average Bonchev–Trinajstić information content (AvgIpc) is 2.41. The number of ether oxygens (including phenoxy) is 1. The van der Waals surface area contributed by atoms with E-state index in [4.69, 9.17) is 39.5 Å². The second-order valence-electron chi connectivity index (χ2n) is 4.09. The molecule has 0 bridgehead atoms. The Hall–Kier alpha value is -1.77. The maximum Gasteiger partial charge on any atom is 0.416 e. The molecule has 0 aliphatic heterocycles. The molecule has 0 radical (unpaired) electrons. The third-order valence-corrected chi connectivity index (χ3v) is 3.37. The van der Waals surface area contributed by atoms with E-state index in [9.17, 15) is 23.3 Å². The van der Waals surface area contributed by atoms with Crippen molar-refractivity contribution in [2.24, 2.45) is 0 Å². The van der Waals surface area contributed by atoms with Gasteiger partial charge in [0.05, 0.1) is 20.5 Å². The number of benzene rings is 1. The van der Waals surface area contributed by atoms with Crippen LogP contribution in [0, 0.1) is 10.1 Å². The Labute approximate surface area is 141 Å². The zero-order chi connectivity index (χ0) is 17.4. The van der Waals surface area contributed by atoms with Crippen molar-refractivity contribution < 1.29 is 22.8 Å². The van der Waals surface area contributed by atoms with E-state index in [-0.39, 0.29) is 11.6 Å². The Morgan fingerprint density at radius 2 is 1.70 bits per heavy atom. The van der Waals surface area contributed by atoms with Crippen molar-refractivity contribution in [1.29, 1.82) is 0 Å².